The van der Waals surface area contributed by atoms with Gasteiger partial charge in [0.15, 0.2) is 0 Å². The van der Waals surface area contributed by atoms with Crippen molar-refractivity contribution in [1.29, 1.82) is 0 Å². The topological polar surface area (TPSA) is 130 Å². The van der Waals surface area contributed by atoms with Gasteiger partial charge in [-0.25, -0.2) is 18.1 Å². The number of sulfonamides is 1. The number of H-pyrrole nitrogens is 1. The average molecular weight is 299 g/mol. The van der Waals surface area contributed by atoms with Crippen molar-refractivity contribution in [2.45, 2.75) is 24.4 Å². The van der Waals surface area contributed by atoms with E-state index in [9.17, 15) is 13.2 Å². The molecule has 0 aliphatic heterocycles. The van der Waals surface area contributed by atoms with Gasteiger partial charge in [0.05, 0.1) is 12.2 Å². The van der Waals surface area contributed by atoms with Crippen LogP contribution in [0.25, 0.3) is 0 Å². The van der Waals surface area contributed by atoms with Gasteiger partial charge >= 0.3 is 5.97 Å². The number of nitrogens with zero attached hydrogens (tertiary/aromatic N) is 3. The maximum absolute atomic E-state index is 12.1. The van der Waals surface area contributed by atoms with Crippen LogP contribution < -0.4 is 4.72 Å². The Morgan fingerprint density at radius 1 is 1.60 bits per heavy atom. The van der Waals surface area contributed by atoms with Gasteiger partial charge in [0, 0.05) is 18.6 Å². The fourth-order valence-corrected chi connectivity index (χ4v) is 2.74. The zero-order valence-corrected chi connectivity index (χ0v) is 11.3. The Morgan fingerprint density at radius 3 is 2.95 bits per heavy atom. The molecule has 3 N–H and O–H groups in total. The molecule has 0 aliphatic carbocycles. The molecule has 0 fully saturated rings. The van der Waals surface area contributed by atoms with Gasteiger partial charge in [0.1, 0.15) is 17.3 Å². The lowest BCUT2D eigenvalue weighted by molar-refractivity contribution is -0.137. The van der Waals surface area contributed by atoms with Crippen molar-refractivity contribution >= 4 is 16.0 Å². The number of imidazole rings is 1. The molecule has 0 bridgehead atoms. The van der Waals surface area contributed by atoms with Crippen LogP contribution in [0.5, 0.6) is 0 Å². The van der Waals surface area contributed by atoms with Crippen molar-refractivity contribution in [3.8, 4) is 0 Å². The number of carboxylic acids is 1. The Hall–Kier alpha value is -2.20. The highest BCUT2D eigenvalue weighted by atomic mass is 32.2. The van der Waals surface area contributed by atoms with Crippen molar-refractivity contribution in [3.05, 3.63) is 30.6 Å². The fraction of sp³-hybridized carbons (Fsp3) is 0.300. The van der Waals surface area contributed by atoms with E-state index >= 15 is 0 Å². The van der Waals surface area contributed by atoms with Gasteiger partial charge in [-0.05, 0) is 6.92 Å². The lowest BCUT2D eigenvalue weighted by Gasteiger charge is -2.10. The smallest absolute Gasteiger partial charge is 0.325 e. The number of hydrogen-bond acceptors (Lipinski definition) is 5. The van der Waals surface area contributed by atoms with E-state index in [0.717, 1.165) is 17.1 Å². The van der Waals surface area contributed by atoms with Crippen molar-refractivity contribution in [1.82, 2.24) is 24.5 Å². The largest absolute Gasteiger partial charge is 0.480 e. The SMILES string of the molecule is CC(NS(=O)(=O)c1cnn(CC(=O)O)c1)c1ncc[nH]1. The highest BCUT2D eigenvalue weighted by Crippen LogP contribution is 2.13. The first-order valence-electron chi connectivity index (χ1n) is 5.64. The third-order valence-electron chi connectivity index (χ3n) is 2.48. The molecule has 2 rings (SSSR count). The number of carbonyl (C=O) groups is 1. The maximum atomic E-state index is 12.1. The first kappa shape index (κ1) is 14.2. The molecule has 20 heavy (non-hydrogen) atoms. The van der Waals surface area contributed by atoms with Crippen LogP contribution in [0.2, 0.25) is 0 Å². The second-order valence-electron chi connectivity index (χ2n) is 4.08. The van der Waals surface area contributed by atoms with Crippen molar-refractivity contribution in [3.63, 3.8) is 0 Å². The van der Waals surface area contributed by atoms with Gasteiger partial charge in [-0.3, -0.25) is 9.48 Å². The molecule has 0 aromatic carbocycles. The van der Waals surface area contributed by atoms with E-state index in [1.54, 1.807) is 13.1 Å². The summed E-state index contributed by atoms with van der Waals surface area (Å²) in [5.74, 6) is -0.625. The maximum Gasteiger partial charge on any atom is 0.325 e. The number of hydrogen-bond donors (Lipinski definition) is 3. The summed E-state index contributed by atoms with van der Waals surface area (Å²) in [6.07, 6.45) is 5.36. The van der Waals surface area contributed by atoms with Gasteiger partial charge in [-0.2, -0.15) is 5.10 Å². The number of aromatic amines is 1. The molecule has 108 valence electrons. The molecule has 1 atom stereocenters. The average Bonchev–Trinajstić information content (AvgIpc) is 2.97. The van der Waals surface area contributed by atoms with E-state index in [-0.39, 0.29) is 4.90 Å². The van der Waals surface area contributed by atoms with Crippen LogP contribution in [0.1, 0.15) is 18.8 Å². The molecule has 10 heteroatoms. The molecule has 0 saturated carbocycles. The third kappa shape index (κ3) is 3.22. The van der Waals surface area contributed by atoms with E-state index in [2.05, 4.69) is 19.8 Å². The summed E-state index contributed by atoms with van der Waals surface area (Å²) < 4.78 is 27.6. The molecule has 2 heterocycles. The van der Waals surface area contributed by atoms with Gasteiger partial charge in [-0.15, -0.1) is 0 Å². The number of nitrogens with one attached hydrogen (secondary N) is 2. The molecule has 0 amide bonds. The minimum Gasteiger partial charge on any atom is -0.480 e. The van der Waals surface area contributed by atoms with Crippen LogP contribution in [-0.4, -0.2) is 39.2 Å². The van der Waals surface area contributed by atoms with Crippen LogP contribution in [0.15, 0.2) is 29.7 Å². The Kier molecular flexibility index (Phi) is 3.86. The van der Waals surface area contributed by atoms with Crippen molar-refractivity contribution in [2.75, 3.05) is 0 Å². The van der Waals surface area contributed by atoms with Gasteiger partial charge < -0.3 is 10.1 Å². The second-order valence-corrected chi connectivity index (χ2v) is 5.80. The number of rotatable bonds is 6. The first-order valence-corrected chi connectivity index (χ1v) is 7.12. The van der Waals surface area contributed by atoms with E-state index in [4.69, 9.17) is 5.11 Å². The molecule has 1 unspecified atom stereocenters. The first-order chi connectivity index (χ1) is 9.38. The van der Waals surface area contributed by atoms with Crippen molar-refractivity contribution in [2.24, 2.45) is 0 Å². The normalized spacial score (nSPS) is 13.2. The Bertz CT molecular complexity index is 691. The zero-order valence-electron chi connectivity index (χ0n) is 10.5. The highest BCUT2D eigenvalue weighted by molar-refractivity contribution is 7.89. The quantitative estimate of drug-likeness (QED) is 0.673. The zero-order chi connectivity index (χ0) is 14.8. The Morgan fingerprint density at radius 2 is 2.35 bits per heavy atom. The molecular weight excluding hydrogens is 286 g/mol. The van der Waals surface area contributed by atoms with E-state index in [0.29, 0.717) is 5.82 Å². The second kappa shape index (κ2) is 5.43. The molecule has 0 aliphatic rings. The number of aliphatic carboxylic acids is 1. The predicted octanol–water partition coefficient (Wildman–Crippen LogP) is -0.270. The van der Waals surface area contributed by atoms with Crippen LogP contribution in [0.4, 0.5) is 0 Å². The summed E-state index contributed by atoms with van der Waals surface area (Å²) in [5.41, 5.74) is 0. The van der Waals surface area contributed by atoms with Crippen molar-refractivity contribution < 1.29 is 18.3 Å². The lowest BCUT2D eigenvalue weighted by Crippen LogP contribution is -2.27. The summed E-state index contributed by atoms with van der Waals surface area (Å²) in [6, 6.07) is -0.544. The molecule has 0 radical (unpaired) electrons. The Balaban J connectivity index is 2.14. The van der Waals surface area contributed by atoms with Crippen LogP contribution in [0.3, 0.4) is 0 Å². The molecule has 2 aromatic heterocycles. The molecule has 0 saturated heterocycles. The highest BCUT2D eigenvalue weighted by Gasteiger charge is 2.21. The summed E-state index contributed by atoms with van der Waals surface area (Å²) in [6.45, 7) is 1.24. The summed E-state index contributed by atoms with van der Waals surface area (Å²) in [5, 5.41) is 12.3. The van der Waals surface area contributed by atoms with E-state index < -0.39 is 28.6 Å². The number of aromatic nitrogens is 4. The van der Waals surface area contributed by atoms with Gasteiger partial charge in [0.2, 0.25) is 10.0 Å². The summed E-state index contributed by atoms with van der Waals surface area (Å²) in [7, 11) is -3.79. The Labute approximate surface area is 114 Å². The summed E-state index contributed by atoms with van der Waals surface area (Å²) in [4.78, 5) is 17.2. The predicted molar refractivity (Wildman–Crippen MR) is 67.2 cm³/mol. The monoisotopic (exact) mass is 299 g/mol. The minimum absolute atomic E-state index is 0.0999. The minimum atomic E-state index is -3.79. The van der Waals surface area contributed by atoms with Crippen LogP contribution in [0, 0.1) is 0 Å². The summed E-state index contributed by atoms with van der Waals surface area (Å²) >= 11 is 0. The molecule has 2 aromatic rings. The standard InChI is InChI=1S/C10H13N5O4S/c1-7(10-11-2-3-12-10)14-20(18,19)8-4-13-15(5-8)6-9(16)17/h2-5,7,14H,6H2,1H3,(H,11,12)(H,16,17). The van der Waals surface area contributed by atoms with E-state index in [1.807, 2.05) is 0 Å². The van der Waals surface area contributed by atoms with Gasteiger partial charge in [-0.1, -0.05) is 0 Å². The van der Waals surface area contributed by atoms with E-state index in [1.165, 1.54) is 6.20 Å². The molecule has 0 spiro atoms. The third-order valence-corrected chi connectivity index (χ3v) is 3.97. The fourth-order valence-electron chi connectivity index (χ4n) is 1.58. The van der Waals surface area contributed by atoms with Crippen LogP contribution >= 0.6 is 0 Å². The molecular formula is C10H13N5O4S. The molecule has 9 nitrogen and oxygen atoms in total. The van der Waals surface area contributed by atoms with Gasteiger partial charge in [0.25, 0.3) is 0 Å². The number of carboxylic acid groups (broad SMARTS) is 1. The van der Waals surface area contributed by atoms with Crippen LogP contribution in [-0.2, 0) is 21.4 Å². The lowest BCUT2D eigenvalue weighted by atomic mass is 10.3.